The second-order valence-electron chi connectivity index (χ2n) is 6.55. The highest BCUT2D eigenvalue weighted by Crippen LogP contribution is 2.35. The molecule has 2 fully saturated rings. The van der Waals surface area contributed by atoms with Crippen LogP contribution in [0.5, 0.6) is 0 Å². The number of benzene rings is 1. The van der Waals surface area contributed by atoms with E-state index >= 15 is 0 Å². The summed E-state index contributed by atoms with van der Waals surface area (Å²) in [5, 5.41) is 3.56. The molecule has 2 heterocycles. The van der Waals surface area contributed by atoms with Gasteiger partial charge in [0, 0.05) is 38.9 Å². The maximum absolute atomic E-state index is 3.56. The highest BCUT2D eigenvalue weighted by Gasteiger charge is 2.42. The van der Waals surface area contributed by atoms with Crippen molar-refractivity contribution >= 4 is 5.69 Å². The number of likely N-dealkylation sites (tertiary alicyclic amines) is 1. The van der Waals surface area contributed by atoms with Crippen molar-refractivity contribution in [1.29, 1.82) is 0 Å². The Hall–Kier alpha value is -1.06. The van der Waals surface area contributed by atoms with E-state index in [9.17, 15) is 0 Å². The van der Waals surface area contributed by atoms with Crippen LogP contribution in [0.2, 0.25) is 0 Å². The van der Waals surface area contributed by atoms with Gasteiger partial charge >= 0.3 is 0 Å². The number of nitrogens with one attached hydrogen (secondary N) is 1. The maximum atomic E-state index is 3.56. The lowest BCUT2D eigenvalue weighted by Crippen LogP contribution is -2.34. The van der Waals surface area contributed by atoms with Crippen molar-refractivity contribution in [2.24, 2.45) is 11.8 Å². The minimum absolute atomic E-state index is 0.767. The molecular weight excluding hydrogens is 246 g/mol. The van der Waals surface area contributed by atoms with Crippen LogP contribution in [0.1, 0.15) is 18.9 Å². The van der Waals surface area contributed by atoms with Gasteiger partial charge in [0.2, 0.25) is 0 Å². The van der Waals surface area contributed by atoms with Gasteiger partial charge in [-0.3, -0.25) is 4.90 Å². The first-order chi connectivity index (χ1) is 9.69. The lowest BCUT2D eigenvalue weighted by Gasteiger charge is -2.27. The van der Waals surface area contributed by atoms with Crippen molar-refractivity contribution in [3.63, 3.8) is 0 Å². The number of hydrogen-bond acceptors (Lipinski definition) is 3. The largest absolute Gasteiger partial charge is 0.378 e. The average molecular weight is 273 g/mol. The number of fused-ring (bicyclic) bond motifs is 1. The summed E-state index contributed by atoms with van der Waals surface area (Å²) < 4.78 is 0. The molecule has 3 unspecified atom stereocenters. The van der Waals surface area contributed by atoms with Gasteiger partial charge in [-0.1, -0.05) is 19.1 Å². The molecule has 20 heavy (non-hydrogen) atoms. The van der Waals surface area contributed by atoms with Gasteiger partial charge in [0.1, 0.15) is 0 Å². The molecule has 3 nitrogen and oxygen atoms in total. The number of anilines is 1. The lowest BCUT2D eigenvalue weighted by molar-refractivity contribution is 0.210. The van der Waals surface area contributed by atoms with Crippen LogP contribution in [0, 0.1) is 11.8 Å². The Morgan fingerprint density at radius 3 is 2.60 bits per heavy atom. The molecule has 0 bridgehead atoms. The van der Waals surface area contributed by atoms with E-state index in [-0.39, 0.29) is 0 Å². The molecule has 1 N–H and O–H groups in total. The van der Waals surface area contributed by atoms with Crippen LogP contribution in [0.25, 0.3) is 0 Å². The Bertz CT molecular complexity index is 440. The summed E-state index contributed by atoms with van der Waals surface area (Å²) in [6.45, 7) is 7.16. The van der Waals surface area contributed by atoms with Crippen molar-refractivity contribution in [1.82, 2.24) is 10.2 Å². The van der Waals surface area contributed by atoms with E-state index in [1.807, 2.05) is 0 Å². The van der Waals surface area contributed by atoms with Crippen LogP contribution >= 0.6 is 0 Å². The normalized spacial score (nSPS) is 29.6. The number of hydrogen-bond donors (Lipinski definition) is 1. The second-order valence-corrected chi connectivity index (χ2v) is 6.55. The van der Waals surface area contributed by atoms with Gasteiger partial charge in [-0.05, 0) is 49.0 Å². The summed E-state index contributed by atoms with van der Waals surface area (Å²) in [7, 11) is 4.19. The molecule has 0 radical (unpaired) electrons. The molecule has 3 atom stereocenters. The van der Waals surface area contributed by atoms with Gasteiger partial charge in [-0.25, -0.2) is 0 Å². The summed E-state index contributed by atoms with van der Waals surface area (Å²) in [6.07, 6.45) is 1.28. The van der Waals surface area contributed by atoms with Crippen molar-refractivity contribution in [2.45, 2.75) is 25.9 Å². The molecule has 0 spiro atoms. The van der Waals surface area contributed by atoms with E-state index in [0.717, 1.165) is 24.4 Å². The summed E-state index contributed by atoms with van der Waals surface area (Å²) in [5.41, 5.74) is 2.73. The first-order valence-electron chi connectivity index (χ1n) is 7.90. The number of rotatable bonds is 4. The zero-order valence-electron chi connectivity index (χ0n) is 13.0. The fraction of sp³-hybridized carbons (Fsp3) is 0.647. The summed E-state index contributed by atoms with van der Waals surface area (Å²) in [5.74, 6) is 1.75. The van der Waals surface area contributed by atoms with Crippen molar-refractivity contribution in [3.05, 3.63) is 29.8 Å². The van der Waals surface area contributed by atoms with E-state index in [1.165, 1.54) is 37.3 Å². The number of nitrogens with zero attached hydrogens (tertiary/aromatic N) is 2. The molecular formula is C17H27N3. The van der Waals surface area contributed by atoms with Crippen LogP contribution in [0.4, 0.5) is 5.69 Å². The predicted molar refractivity (Wildman–Crippen MR) is 85.1 cm³/mol. The summed E-state index contributed by atoms with van der Waals surface area (Å²) in [4.78, 5) is 4.87. The van der Waals surface area contributed by atoms with Crippen LogP contribution in [-0.4, -0.2) is 44.7 Å². The lowest BCUT2D eigenvalue weighted by atomic mass is 9.93. The van der Waals surface area contributed by atoms with Crippen LogP contribution in [0.3, 0.4) is 0 Å². The molecule has 2 saturated heterocycles. The average Bonchev–Trinajstić information content (AvgIpc) is 2.99. The highest BCUT2D eigenvalue weighted by molar-refractivity contribution is 5.46. The second kappa shape index (κ2) is 5.74. The molecule has 0 aliphatic carbocycles. The van der Waals surface area contributed by atoms with Gasteiger partial charge < -0.3 is 10.2 Å². The quantitative estimate of drug-likeness (QED) is 0.907. The van der Waals surface area contributed by atoms with Crippen LogP contribution < -0.4 is 10.2 Å². The topological polar surface area (TPSA) is 18.5 Å². The fourth-order valence-corrected chi connectivity index (χ4v) is 3.99. The Balaban J connectivity index is 1.68. The van der Waals surface area contributed by atoms with Gasteiger partial charge in [0.15, 0.2) is 0 Å². The van der Waals surface area contributed by atoms with E-state index in [0.29, 0.717) is 0 Å². The van der Waals surface area contributed by atoms with Gasteiger partial charge in [0.25, 0.3) is 0 Å². The van der Waals surface area contributed by atoms with E-state index in [2.05, 4.69) is 60.4 Å². The molecule has 0 amide bonds. The molecule has 0 saturated carbocycles. The maximum Gasteiger partial charge on any atom is 0.0361 e. The first-order valence-corrected chi connectivity index (χ1v) is 7.90. The van der Waals surface area contributed by atoms with Gasteiger partial charge in [0.05, 0.1) is 0 Å². The SMILES string of the molecule is CCC1C2CNCC2CN1Cc1ccc(N(C)C)cc1. The van der Waals surface area contributed by atoms with E-state index in [1.54, 1.807) is 0 Å². The Kier molecular flexibility index (Phi) is 3.99. The zero-order valence-corrected chi connectivity index (χ0v) is 13.0. The molecule has 1 aromatic rings. The van der Waals surface area contributed by atoms with Crippen molar-refractivity contribution in [2.75, 3.05) is 38.6 Å². The molecule has 2 aliphatic rings. The standard InChI is InChI=1S/C17H27N3/c1-4-17-16-10-18-9-14(16)12-20(17)11-13-5-7-15(8-6-13)19(2)3/h5-8,14,16-18H,4,9-12H2,1-3H3. The predicted octanol–water partition coefficient (Wildman–Crippen LogP) is 2.18. The fourth-order valence-electron chi connectivity index (χ4n) is 3.99. The van der Waals surface area contributed by atoms with Gasteiger partial charge in [-0.2, -0.15) is 0 Å². The summed E-state index contributed by atoms with van der Waals surface area (Å²) in [6, 6.07) is 9.80. The van der Waals surface area contributed by atoms with Crippen molar-refractivity contribution in [3.8, 4) is 0 Å². The molecule has 1 aromatic carbocycles. The highest BCUT2D eigenvalue weighted by atomic mass is 15.2. The first kappa shape index (κ1) is 13.9. The molecule has 110 valence electrons. The summed E-state index contributed by atoms with van der Waals surface area (Å²) >= 11 is 0. The Labute approximate surface area is 123 Å². The third-order valence-electron chi connectivity index (χ3n) is 5.08. The van der Waals surface area contributed by atoms with Crippen molar-refractivity contribution < 1.29 is 0 Å². The molecule has 2 aliphatic heterocycles. The van der Waals surface area contributed by atoms with Gasteiger partial charge in [-0.15, -0.1) is 0 Å². The molecule has 3 rings (SSSR count). The smallest absolute Gasteiger partial charge is 0.0361 e. The molecule has 0 aromatic heterocycles. The third kappa shape index (κ3) is 2.57. The Morgan fingerprint density at radius 2 is 1.95 bits per heavy atom. The monoisotopic (exact) mass is 273 g/mol. The third-order valence-corrected chi connectivity index (χ3v) is 5.08. The minimum Gasteiger partial charge on any atom is -0.378 e. The van der Waals surface area contributed by atoms with E-state index in [4.69, 9.17) is 0 Å². The molecule has 3 heteroatoms. The van der Waals surface area contributed by atoms with E-state index < -0.39 is 0 Å². The van der Waals surface area contributed by atoms with Crippen LogP contribution in [0.15, 0.2) is 24.3 Å². The van der Waals surface area contributed by atoms with Crippen LogP contribution in [-0.2, 0) is 6.54 Å². The Morgan fingerprint density at radius 1 is 1.20 bits per heavy atom. The zero-order chi connectivity index (χ0) is 14.1. The minimum atomic E-state index is 0.767.